The molecule has 0 aliphatic carbocycles. The molecule has 0 aliphatic heterocycles. The van der Waals surface area contributed by atoms with Gasteiger partial charge < -0.3 is 11.5 Å². The molecule has 0 heterocycles. The zero-order chi connectivity index (χ0) is 18.1. The van der Waals surface area contributed by atoms with Gasteiger partial charge in [-0.3, -0.25) is 0 Å². The molecule has 0 saturated heterocycles. The van der Waals surface area contributed by atoms with Gasteiger partial charge in [-0.15, -0.1) is 0 Å². The lowest BCUT2D eigenvalue weighted by atomic mass is 10.1. The number of hydrogen-bond acceptors (Lipinski definition) is 4. The Balaban J connectivity index is 1.60. The number of benzene rings is 2. The van der Waals surface area contributed by atoms with Crippen molar-refractivity contribution in [2.45, 2.75) is 38.5 Å². The molecule has 2 rings (SSSR count). The van der Waals surface area contributed by atoms with E-state index in [4.69, 9.17) is 11.5 Å². The molecule has 0 fully saturated rings. The highest BCUT2D eigenvalue weighted by atomic mass is 32.2. The minimum Gasteiger partial charge on any atom is -0.399 e. The normalized spacial score (nSPS) is 11.5. The number of rotatable bonds is 10. The van der Waals surface area contributed by atoms with Crippen molar-refractivity contribution in [3.63, 3.8) is 0 Å². The highest BCUT2D eigenvalue weighted by Crippen LogP contribution is 2.12. The molecular formula is C20H28N2O2S. The molecule has 0 aliphatic rings. The van der Waals surface area contributed by atoms with Gasteiger partial charge in [0.25, 0.3) is 0 Å². The third-order valence-electron chi connectivity index (χ3n) is 4.30. The first kappa shape index (κ1) is 19.3. The SMILES string of the molecule is Nc1ccc(CCCCS(=O)(=O)CCCCc2ccc(N)cc2)cc1. The summed E-state index contributed by atoms with van der Waals surface area (Å²) in [6, 6.07) is 15.5. The van der Waals surface area contributed by atoms with Crippen molar-refractivity contribution in [3.8, 4) is 0 Å². The van der Waals surface area contributed by atoms with E-state index in [-0.39, 0.29) is 11.5 Å². The van der Waals surface area contributed by atoms with Gasteiger partial charge in [-0.2, -0.15) is 0 Å². The summed E-state index contributed by atoms with van der Waals surface area (Å²) in [6.45, 7) is 0. The molecule has 4 N–H and O–H groups in total. The summed E-state index contributed by atoms with van der Waals surface area (Å²) in [5.41, 5.74) is 15.2. The van der Waals surface area contributed by atoms with Crippen LogP contribution in [0, 0.1) is 0 Å². The van der Waals surface area contributed by atoms with E-state index in [1.165, 1.54) is 11.1 Å². The maximum Gasteiger partial charge on any atom is 0.150 e. The average molecular weight is 361 g/mol. The van der Waals surface area contributed by atoms with Crippen LogP contribution < -0.4 is 11.5 Å². The van der Waals surface area contributed by atoms with E-state index in [9.17, 15) is 8.42 Å². The minimum atomic E-state index is -2.94. The van der Waals surface area contributed by atoms with Gasteiger partial charge in [-0.1, -0.05) is 24.3 Å². The monoisotopic (exact) mass is 360 g/mol. The highest BCUT2D eigenvalue weighted by molar-refractivity contribution is 7.91. The molecule has 0 spiro atoms. The standard InChI is InChI=1S/C20H28N2O2S/c21-19-11-7-17(8-12-19)5-1-3-15-25(23,24)16-4-2-6-18-9-13-20(22)14-10-18/h7-14H,1-6,15-16,21-22H2. The van der Waals surface area contributed by atoms with Gasteiger partial charge in [-0.25, -0.2) is 8.42 Å². The Labute approximate surface area is 151 Å². The van der Waals surface area contributed by atoms with Crippen LogP contribution in [0.4, 0.5) is 11.4 Å². The Bertz CT molecular complexity index is 679. The fourth-order valence-corrected chi connectivity index (χ4v) is 4.26. The van der Waals surface area contributed by atoms with Gasteiger partial charge in [-0.05, 0) is 73.9 Å². The molecular weight excluding hydrogens is 332 g/mol. The first-order valence-electron chi connectivity index (χ1n) is 8.84. The average Bonchev–Trinajstić information content (AvgIpc) is 2.59. The van der Waals surface area contributed by atoms with Crippen LogP contribution in [0.15, 0.2) is 48.5 Å². The molecule has 0 aromatic heterocycles. The second-order valence-electron chi connectivity index (χ2n) is 6.55. The second kappa shape index (κ2) is 9.47. The van der Waals surface area contributed by atoms with Gasteiger partial charge in [0, 0.05) is 11.4 Å². The quantitative estimate of drug-likeness (QED) is 0.500. The van der Waals surface area contributed by atoms with Crippen molar-refractivity contribution in [1.82, 2.24) is 0 Å². The summed E-state index contributed by atoms with van der Waals surface area (Å²) in [6.07, 6.45) is 4.98. The fourth-order valence-electron chi connectivity index (χ4n) is 2.77. The zero-order valence-electron chi connectivity index (χ0n) is 14.7. The maximum absolute atomic E-state index is 12.1. The van der Waals surface area contributed by atoms with Crippen LogP contribution in [-0.4, -0.2) is 19.9 Å². The first-order valence-corrected chi connectivity index (χ1v) is 10.7. The smallest absolute Gasteiger partial charge is 0.150 e. The molecule has 4 nitrogen and oxygen atoms in total. The van der Waals surface area contributed by atoms with Crippen LogP contribution in [-0.2, 0) is 22.7 Å². The van der Waals surface area contributed by atoms with Crippen LogP contribution >= 0.6 is 0 Å². The fraction of sp³-hybridized carbons (Fsp3) is 0.400. The van der Waals surface area contributed by atoms with E-state index in [1.54, 1.807) is 0 Å². The van der Waals surface area contributed by atoms with Crippen molar-refractivity contribution in [3.05, 3.63) is 59.7 Å². The van der Waals surface area contributed by atoms with Crippen molar-refractivity contribution in [2.75, 3.05) is 23.0 Å². The minimum absolute atomic E-state index is 0.282. The molecule has 136 valence electrons. The molecule has 0 bridgehead atoms. The zero-order valence-corrected chi connectivity index (χ0v) is 15.5. The summed E-state index contributed by atoms with van der Waals surface area (Å²) in [5.74, 6) is 0.563. The third-order valence-corrected chi connectivity index (χ3v) is 6.12. The molecule has 0 saturated carbocycles. The van der Waals surface area contributed by atoms with E-state index in [0.29, 0.717) is 12.8 Å². The lowest BCUT2D eigenvalue weighted by Crippen LogP contribution is -2.11. The summed E-state index contributed by atoms with van der Waals surface area (Å²) in [5, 5.41) is 0. The van der Waals surface area contributed by atoms with Gasteiger partial charge in [0.05, 0.1) is 11.5 Å². The topological polar surface area (TPSA) is 86.2 Å². The van der Waals surface area contributed by atoms with Gasteiger partial charge >= 0.3 is 0 Å². The van der Waals surface area contributed by atoms with Crippen molar-refractivity contribution >= 4 is 21.2 Å². The molecule has 0 amide bonds. The third kappa shape index (κ3) is 7.61. The predicted molar refractivity (Wildman–Crippen MR) is 106 cm³/mol. The first-order chi connectivity index (χ1) is 11.9. The molecule has 0 unspecified atom stereocenters. The molecule has 0 radical (unpaired) electrons. The number of aryl methyl sites for hydroxylation is 2. The van der Waals surface area contributed by atoms with Gasteiger partial charge in [0.1, 0.15) is 9.84 Å². The van der Waals surface area contributed by atoms with Crippen molar-refractivity contribution in [1.29, 1.82) is 0 Å². The Morgan fingerprint density at radius 1 is 0.600 bits per heavy atom. The maximum atomic E-state index is 12.1. The second-order valence-corrected chi connectivity index (χ2v) is 8.85. The summed E-state index contributed by atoms with van der Waals surface area (Å²) < 4.78 is 24.2. The van der Waals surface area contributed by atoms with Crippen LogP contribution in [0.3, 0.4) is 0 Å². The molecule has 2 aromatic rings. The van der Waals surface area contributed by atoms with Crippen molar-refractivity contribution in [2.24, 2.45) is 0 Å². The van der Waals surface area contributed by atoms with Gasteiger partial charge in [0.2, 0.25) is 0 Å². The molecule has 0 atom stereocenters. The summed E-state index contributed by atoms with van der Waals surface area (Å²) in [7, 11) is -2.94. The van der Waals surface area contributed by atoms with E-state index in [0.717, 1.165) is 37.1 Å². The van der Waals surface area contributed by atoms with E-state index in [2.05, 4.69) is 0 Å². The predicted octanol–water partition coefficient (Wildman–Crippen LogP) is 3.61. The molecule has 25 heavy (non-hydrogen) atoms. The van der Waals surface area contributed by atoms with Crippen LogP contribution in [0.2, 0.25) is 0 Å². The lowest BCUT2D eigenvalue weighted by Gasteiger charge is -2.06. The number of anilines is 2. The molecule has 2 aromatic carbocycles. The lowest BCUT2D eigenvalue weighted by molar-refractivity contribution is 0.587. The van der Waals surface area contributed by atoms with Crippen LogP contribution in [0.1, 0.15) is 36.8 Å². The van der Waals surface area contributed by atoms with Gasteiger partial charge in [0.15, 0.2) is 0 Å². The number of sulfone groups is 1. The van der Waals surface area contributed by atoms with Crippen LogP contribution in [0.25, 0.3) is 0 Å². The summed E-state index contributed by atoms with van der Waals surface area (Å²) in [4.78, 5) is 0. The Morgan fingerprint density at radius 2 is 0.960 bits per heavy atom. The highest BCUT2D eigenvalue weighted by Gasteiger charge is 2.10. The number of nitrogens with two attached hydrogens (primary N) is 2. The Hall–Kier alpha value is -2.01. The Morgan fingerprint density at radius 3 is 1.32 bits per heavy atom. The van der Waals surface area contributed by atoms with Crippen LogP contribution in [0.5, 0.6) is 0 Å². The van der Waals surface area contributed by atoms with E-state index < -0.39 is 9.84 Å². The van der Waals surface area contributed by atoms with Crippen molar-refractivity contribution < 1.29 is 8.42 Å². The Kier molecular flexibility index (Phi) is 7.31. The largest absolute Gasteiger partial charge is 0.399 e. The number of hydrogen-bond donors (Lipinski definition) is 2. The summed E-state index contributed by atoms with van der Waals surface area (Å²) >= 11 is 0. The number of unbranched alkanes of at least 4 members (excludes halogenated alkanes) is 2. The number of nitrogen functional groups attached to an aromatic ring is 2. The van der Waals surface area contributed by atoms with E-state index in [1.807, 2.05) is 48.5 Å². The molecule has 5 heteroatoms. The van der Waals surface area contributed by atoms with E-state index >= 15 is 0 Å².